The standard InChI is InChI=1S/C20H32N4OS/c1-5-21-20(24-17-10-11-18(12-17)26-4)22-13-15-6-8-16(9-7-15)23-19(25)14(2)3/h6-9,14,17-18H,5,10-13H2,1-4H3,(H,23,25)(H2,21,22,24). The number of nitrogens with one attached hydrogen (secondary N) is 3. The molecule has 0 spiro atoms. The lowest BCUT2D eigenvalue weighted by atomic mass is 10.1. The Kier molecular flexibility index (Phi) is 8.29. The van der Waals surface area contributed by atoms with E-state index in [2.05, 4.69) is 29.1 Å². The zero-order chi connectivity index (χ0) is 18.9. The fourth-order valence-corrected chi connectivity index (χ4v) is 3.75. The van der Waals surface area contributed by atoms with Crippen molar-refractivity contribution in [2.75, 3.05) is 18.1 Å². The lowest BCUT2D eigenvalue weighted by Gasteiger charge is -2.17. The van der Waals surface area contributed by atoms with Gasteiger partial charge >= 0.3 is 0 Å². The molecule has 1 aromatic carbocycles. The molecule has 0 heterocycles. The van der Waals surface area contributed by atoms with Crippen molar-refractivity contribution in [2.45, 2.75) is 57.9 Å². The second-order valence-corrected chi connectivity index (χ2v) is 8.19. The third-order valence-electron chi connectivity index (χ3n) is 4.57. The highest BCUT2D eigenvalue weighted by Crippen LogP contribution is 2.28. The predicted octanol–water partition coefficient (Wildman–Crippen LogP) is 3.62. The Morgan fingerprint density at radius 1 is 1.27 bits per heavy atom. The number of amides is 1. The van der Waals surface area contributed by atoms with Crippen LogP contribution in [-0.2, 0) is 11.3 Å². The summed E-state index contributed by atoms with van der Waals surface area (Å²) in [6.45, 7) is 7.33. The van der Waals surface area contributed by atoms with Gasteiger partial charge in [-0.25, -0.2) is 4.99 Å². The number of aliphatic imine (C=N–C) groups is 1. The summed E-state index contributed by atoms with van der Waals surface area (Å²) in [4.78, 5) is 16.5. The molecule has 1 amide bonds. The van der Waals surface area contributed by atoms with E-state index in [0.717, 1.165) is 29.0 Å². The fraction of sp³-hybridized carbons (Fsp3) is 0.600. The maximum atomic E-state index is 11.7. The normalized spacial score (nSPS) is 20.3. The van der Waals surface area contributed by atoms with Crippen LogP contribution in [0.25, 0.3) is 0 Å². The van der Waals surface area contributed by atoms with E-state index in [1.807, 2.05) is 49.9 Å². The first kappa shape index (κ1) is 20.6. The van der Waals surface area contributed by atoms with Gasteiger partial charge in [0.05, 0.1) is 6.54 Å². The molecule has 0 aromatic heterocycles. The van der Waals surface area contributed by atoms with Crippen molar-refractivity contribution in [3.63, 3.8) is 0 Å². The quantitative estimate of drug-likeness (QED) is 0.502. The summed E-state index contributed by atoms with van der Waals surface area (Å²) in [5, 5.41) is 10.6. The molecule has 26 heavy (non-hydrogen) atoms. The average molecular weight is 377 g/mol. The number of hydrogen-bond acceptors (Lipinski definition) is 3. The number of nitrogens with zero attached hydrogens (tertiary/aromatic N) is 1. The molecule has 1 saturated carbocycles. The zero-order valence-corrected chi connectivity index (χ0v) is 17.2. The minimum atomic E-state index is -0.0191. The van der Waals surface area contributed by atoms with Gasteiger partial charge < -0.3 is 16.0 Å². The molecule has 0 radical (unpaired) electrons. The van der Waals surface area contributed by atoms with E-state index in [-0.39, 0.29) is 11.8 Å². The lowest BCUT2D eigenvalue weighted by molar-refractivity contribution is -0.118. The van der Waals surface area contributed by atoms with Crippen LogP contribution >= 0.6 is 11.8 Å². The summed E-state index contributed by atoms with van der Waals surface area (Å²) in [5.41, 5.74) is 1.95. The molecule has 1 fully saturated rings. The summed E-state index contributed by atoms with van der Waals surface area (Å²) in [6.07, 6.45) is 5.89. The number of benzene rings is 1. The molecule has 2 atom stereocenters. The van der Waals surface area contributed by atoms with Crippen molar-refractivity contribution in [1.29, 1.82) is 0 Å². The van der Waals surface area contributed by atoms with Crippen LogP contribution in [0.2, 0.25) is 0 Å². The molecule has 5 nitrogen and oxygen atoms in total. The van der Waals surface area contributed by atoms with E-state index in [1.54, 1.807) is 0 Å². The SMILES string of the molecule is CCNC(=NCc1ccc(NC(=O)C(C)C)cc1)NC1CCC(SC)C1. The van der Waals surface area contributed by atoms with Gasteiger partial charge in [-0.05, 0) is 50.1 Å². The first-order valence-electron chi connectivity index (χ1n) is 9.49. The van der Waals surface area contributed by atoms with Crippen molar-refractivity contribution in [3.8, 4) is 0 Å². The first-order chi connectivity index (χ1) is 12.5. The van der Waals surface area contributed by atoms with E-state index in [0.29, 0.717) is 12.6 Å². The van der Waals surface area contributed by atoms with Gasteiger partial charge in [0, 0.05) is 29.4 Å². The number of hydrogen-bond donors (Lipinski definition) is 3. The largest absolute Gasteiger partial charge is 0.357 e. The molecule has 1 aliphatic rings. The van der Waals surface area contributed by atoms with Crippen LogP contribution in [-0.4, -0.2) is 36.0 Å². The molecule has 2 unspecified atom stereocenters. The summed E-state index contributed by atoms with van der Waals surface area (Å²) in [5.74, 6) is 0.903. The summed E-state index contributed by atoms with van der Waals surface area (Å²) < 4.78 is 0. The Morgan fingerprint density at radius 3 is 2.58 bits per heavy atom. The highest BCUT2D eigenvalue weighted by molar-refractivity contribution is 7.99. The topological polar surface area (TPSA) is 65.5 Å². The van der Waals surface area contributed by atoms with Gasteiger partial charge in [-0.3, -0.25) is 4.79 Å². The Bertz CT molecular complexity index is 600. The number of anilines is 1. The maximum absolute atomic E-state index is 11.7. The summed E-state index contributed by atoms with van der Waals surface area (Å²) >= 11 is 1.96. The van der Waals surface area contributed by atoms with Gasteiger partial charge in [-0.15, -0.1) is 0 Å². The number of carbonyl (C=O) groups is 1. The number of thioether (sulfide) groups is 1. The van der Waals surface area contributed by atoms with Gasteiger partial charge in [-0.1, -0.05) is 26.0 Å². The third kappa shape index (κ3) is 6.56. The minimum absolute atomic E-state index is 0.0191. The lowest BCUT2D eigenvalue weighted by Crippen LogP contribution is -2.42. The molecule has 1 aromatic rings. The van der Waals surface area contributed by atoms with Gasteiger partial charge in [0.2, 0.25) is 5.91 Å². The number of carbonyl (C=O) groups excluding carboxylic acids is 1. The highest BCUT2D eigenvalue weighted by atomic mass is 32.2. The van der Waals surface area contributed by atoms with Gasteiger partial charge in [0.25, 0.3) is 0 Å². The van der Waals surface area contributed by atoms with E-state index < -0.39 is 0 Å². The molecule has 3 N–H and O–H groups in total. The Hall–Kier alpha value is -1.69. The highest BCUT2D eigenvalue weighted by Gasteiger charge is 2.24. The molecule has 2 rings (SSSR count). The van der Waals surface area contributed by atoms with Crippen molar-refractivity contribution in [3.05, 3.63) is 29.8 Å². The number of guanidine groups is 1. The summed E-state index contributed by atoms with van der Waals surface area (Å²) in [7, 11) is 0. The van der Waals surface area contributed by atoms with Crippen molar-refractivity contribution < 1.29 is 4.79 Å². The van der Waals surface area contributed by atoms with Crippen LogP contribution in [0.1, 0.15) is 45.6 Å². The average Bonchev–Trinajstić information content (AvgIpc) is 3.08. The maximum Gasteiger partial charge on any atom is 0.226 e. The molecule has 1 aliphatic carbocycles. The monoisotopic (exact) mass is 376 g/mol. The van der Waals surface area contributed by atoms with E-state index in [1.165, 1.54) is 19.3 Å². The second kappa shape index (κ2) is 10.5. The third-order valence-corrected chi connectivity index (χ3v) is 5.66. The molecular weight excluding hydrogens is 344 g/mol. The van der Waals surface area contributed by atoms with Crippen molar-refractivity contribution in [2.24, 2.45) is 10.9 Å². The van der Waals surface area contributed by atoms with Crippen LogP contribution in [0.5, 0.6) is 0 Å². The fourth-order valence-electron chi connectivity index (χ4n) is 2.95. The van der Waals surface area contributed by atoms with Crippen LogP contribution in [0.3, 0.4) is 0 Å². The van der Waals surface area contributed by atoms with E-state index in [9.17, 15) is 4.79 Å². The molecular formula is C20H32N4OS. The molecule has 0 bridgehead atoms. The molecule has 0 aliphatic heterocycles. The van der Waals surface area contributed by atoms with Crippen molar-refractivity contribution >= 4 is 29.3 Å². The van der Waals surface area contributed by atoms with Crippen LogP contribution < -0.4 is 16.0 Å². The first-order valence-corrected chi connectivity index (χ1v) is 10.8. The van der Waals surface area contributed by atoms with Gasteiger partial charge in [0.15, 0.2) is 5.96 Å². The minimum Gasteiger partial charge on any atom is -0.357 e. The van der Waals surface area contributed by atoms with Crippen molar-refractivity contribution in [1.82, 2.24) is 10.6 Å². The van der Waals surface area contributed by atoms with E-state index >= 15 is 0 Å². The van der Waals surface area contributed by atoms with Crippen LogP contribution in [0.4, 0.5) is 5.69 Å². The molecule has 144 valence electrons. The smallest absolute Gasteiger partial charge is 0.226 e. The molecule has 0 saturated heterocycles. The van der Waals surface area contributed by atoms with Gasteiger partial charge in [0.1, 0.15) is 0 Å². The zero-order valence-electron chi connectivity index (χ0n) is 16.3. The second-order valence-electron chi connectivity index (χ2n) is 7.05. The Labute approximate surface area is 161 Å². The molecule has 6 heteroatoms. The Morgan fingerprint density at radius 2 is 2.00 bits per heavy atom. The van der Waals surface area contributed by atoms with Crippen LogP contribution in [0, 0.1) is 5.92 Å². The number of rotatable bonds is 7. The Balaban J connectivity index is 1.91. The van der Waals surface area contributed by atoms with E-state index in [4.69, 9.17) is 4.99 Å². The predicted molar refractivity (Wildman–Crippen MR) is 113 cm³/mol. The summed E-state index contributed by atoms with van der Waals surface area (Å²) in [6, 6.07) is 8.42. The van der Waals surface area contributed by atoms with Gasteiger partial charge in [-0.2, -0.15) is 11.8 Å². The van der Waals surface area contributed by atoms with Crippen LogP contribution in [0.15, 0.2) is 29.3 Å².